The molecule has 2 amide bonds. The van der Waals surface area contributed by atoms with Crippen LogP contribution in [0.5, 0.6) is 11.5 Å². The molecule has 4 rings (SSSR count). The van der Waals surface area contributed by atoms with Crippen LogP contribution in [0.25, 0.3) is 0 Å². The normalized spacial score (nSPS) is 12.7. The van der Waals surface area contributed by atoms with Gasteiger partial charge < -0.3 is 19.5 Å². The number of hydrogen-bond acceptors (Lipinski definition) is 8. The van der Waals surface area contributed by atoms with Crippen molar-refractivity contribution in [3.63, 3.8) is 0 Å². The van der Waals surface area contributed by atoms with Crippen molar-refractivity contribution in [2.24, 2.45) is 5.10 Å². The number of aryl methyl sites for hydroxylation is 1. The summed E-state index contributed by atoms with van der Waals surface area (Å²) in [5.74, 6) is -1.29. The number of esters is 1. The summed E-state index contributed by atoms with van der Waals surface area (Å²) >= 11 is 1.32. The molecule has 1 aliphatic rings. The topological polar surface area (TPSA) is 115 Å². The van der Waals surface area contributed by atoms with Crippen LogP contribution in [0.4, 0.5) is 5.00 Å². The van der Waals surface area contributed by atoms with Crippen LogP contribution >= 0.6 is 11.3 Å². The largest absolute Gasteiger partial charge is 0.493 e. The Bertz CT molecular complexity index is 1380. The van der Waals surface area contributed by atoms with Gasteiger partial charge in [0.1, 0.15) is 11.6 Å². The van der Waals surface area contributed by atoms with E-state index >= 15 is 0 Å². The van der Waals surface area contributed by atoms with Crippen molar-refractivity contribution in [3.05, 3.63) is 75.7 Å². The summed E-state index contributed by atoms with van der Waals surface area (Å²) < 4.78 is 16.6. The van der Waals surface area contributed by atoms with E-state index in [0.29, 0.717) is 39.9 Å². The highest BCUT2D eigenvalue weighted by atomic mass is 32.1. The van der Waals surface area contributed by atoms with Gasteiger partial charge in [-0.25, -0.2) is 10.2 Å². The van der Waals surface area contributed by atoms with Gasteiger partial charge in [0, 0.05) is 10.4 Å². The molecule has 10 heteroatoms. The lowest BCUT2D eigenvalue weighted by Crippen LogP contribution is -2.33. The molecule has 0 spiro atoms. The van der Waals surface area contributed by atoms with Gasteiger partial charge >= 0.3 is 17.8 Å². The third kappa shape index (κ3) is 6.83. The van der Waals surface area contributed by atoms with E-state index in [0.717, 1.165) is 41.7 Å². The Kier molecular flexibility index (Phi) is 9.32. The lowest BCUT2D eigenvalue weighted by Gasteiger charge is -2.12. The van der Waals surface area contributed by atoms with E-state index in [4.69, 9.17) is 14.2 Å². The highest BCUT2D eigenvalue weighted by molar-refractivity contribution is 7.17. The number of carbonyl (C=O) groups is 3. The van der Waals surface area contributed by atoms with Crippen LogP contribution in [0, 0.1) is 0 Å². The number of rotatable bonds is 9. The zero-order valence-corrected chi connectivity index (χ0v) is 23.0. The smallest absolute Gasteiger partial charge is 0.341 e. The van der Waals surface area contributed by atoms with E-state index in [9.17, 15) is 14.4 Å². The van der Waals surface area contributed by atoms with E-state index in [1.807, 2.05) is 30.3 Å². The summed E-state index contributed by atoms with van der Waals surface area (Å²) in [5, 5.41) is 6.99. The second kappa shape index (κ2) is 13.1. The number of nitrogens with one attached hydrogen (secondary N) is 2. The molecule has 2 N–H and O–H groups in total. The maximum Gasteiger partial charge on any atom is 0.341 e. The van der Waals surface area contributed by atoms with E-state index < -0.39 is 17.8 Å². The molecule has 9 nitrogen and oxygen atoms in total. The van der Waals surface area contributed by atoms with Crippen molar-refractivity contribution in [2.45, 2.75) is 46.1 Å². The van der Waals surface area contributed by atoms with Crippen molar-refractivity contribution in [2.75, 3.05) is 19.0 Å². The van der Waals surface area contributed by atoms with E-state index in [1.165, 1.54) is 11.3 Å². The van der Waals surface area contributed by atoms with Crippen LogP contribution in [0.2, 0.25) is 0 Å². The maximum atomic E-state index is 12.7. The molecule has 0 aliphatic heterocycles. The fourth-order valence-electron chi connectivity index (χ4n) is 4.23. The van der Waals surface area contributed by atoms with E-state index in [1.54, 1.807) is 39.2 Å². The van der Waals surface area contributed by atoms with Crippen LogP contribution in [0.3, 0.4) is 0 Å². The second-order valence-electron chi connectivity index (χ2n) is 8.87. The Morgan fingerprint density at radius 3 is 2.51 bits per heavy atom. The first kappa shape index (κ1) is 27.8. The number of hydrogen-bond donors (Lipinski definition) is 2. The van der Waals surface area contributed by atoms with Gasteiger partial charge in [-0.2, -0.15) is 5.10 Å². The summed E-state index contributed by atoms with van der Waals surface area (Å²) in [6.07, 6.45) is 3.55. The van der Waals surface area contributed by atoms with Crippen molar-refractivity contribution in [3.8, 4) is 11.5 Å². The molecule has 1 aromatic heterocycles. The number of benzene rings is 2. The molecule has 0 radical (unpaired) electrons. The Morgan fingerprint density at radius 2 is 1.77 bits per heavy atom. The summed E-state index contributed by atoms with van der Waals surface area (Å²) in [4.78, 5) is 38.9. The number of methoxy groups -OCH3 is 1. The number of thiophene rings is 1. The Labute approximate surface area is 231 Å². The zero-order valence-electron chi connectivity index (χ0n) is 22.2. The molecule has 39 heavy (non-hydrogen) atoms. The number of ether oxygens (including phenoxy) is 3. The average molecular weight is 550 g/mol. The average Bonchev–Trinajstić information content (AvgIpc) is 3.33. The number of amides is 2. The first-order chi connectivity index (χ1) is 18.9. The maximum absolute atomic E-state index is 12.7. The van der Waals surface area contributed by atoms with Gasteiger partial charge in [0.05, 0.1) is 25.0 Å². The molecule has 3 aromatic rings. The van der Waals surface area contributed by atoms with Crippen LogP contribution in [0.15, 0.2) is 53.6 Å². The van der Waals surface area contributed by atoms with Gasteiger partial charge in [0.25, 0.3) is 0 Å². The fraction of sp³-hybridized carbons (Fsp3) is 0.310. The molecule has 0 atom stereocenters. The first-order valence-electron chi connectivity index (χ1n) is 12.7. The molecule has 0 bridgehead atoms. The van der Waals surface area contributed by atoms with Crippen molar-refractivity contribution < 1.29 is 28.6 Å². The van der Waals surface area contributed by atoms with Gasteiger partial charge in [-0.15, -0.1) is 11.3 Å². The number of carbonyl (C=O) groups excluding carboxylic acids is 3. The predicted molar refractivity (Wildman–Crippen MR) is 150 cm³/mol. The minimum atomic E-state index is -0.953. The van der Waals surface area contributed by atoms with Crippen molar-refractivity contribution in [1.82, 2.24) is 5.43 Å². The number of nitrogens with zero attached hydrogens (tertiary/aromatic N) is 1. The molecule has 0 unspecified atom stereocenters. The minimum absolute atomic E-state index is 0.218. The number of fused-ring (bicyclic) bond motifs is 1. The lowest BCUT2D eigenvalue weighted by atomic mass is 9.95. The SMILES string of the molecule is CCOC(=O)c1c(NC(=O)C(=O)N/N=C(\C)c2ccc(OCc3ccccc3)c(OC)c2)sc2c1CCCC2. The zero-order chi connectivity index (χ0) is 27.8. The molecule has 0 fully saturated rings. The molecular formula is C29H31N3O6S. The van der Waals surface area contributed by atoms with Gasteiger partial charge in [-0.3, -0.25) is 9.59 Å². The molecular weight excluding hydrogens is 518 g/mol. The third-order valence-electron chi connectivity index (χ3n) is 6.23. The Morgan fingerprint density at radius 1 is 1.00 bits per heavy atom. The highest BCUT2D eigenvalue weighted by Crippen LogP contribution is 2.38. The van der Waals surface area contributed by atoms with Gasteiger partial charge in [0.15, 0.2) is 11.5 Å². The molecule has 1 heterocycles. The number of anilines is 1. The Hall–Kier alpha value is -4.18. The summed E-state index contributed by atoms with van der Waals surface area (Å²) in [6.45, 7) is 4.03. The predicted octanol–water partition coefficient (Wildman–Crippen LogP) is 4.87. The lowest BCUT2D eigenvalue weighted by molar-refractivity contribution is -0.136. The van der Waals surface area contributed by atoms with Crippen molar-refractivity contribution >= 4 is 39.8 Å². The molecule has 0 saturated heterocycles. The standard InChI is InChI=1S/C29H31N3O6S/c1-4-37-29(35)25-21-12-8-9-13-24(21)39-28(25)30-26(33)27(34)32-31-18(2)20-14-15-22(23(16-20)36-3)38-17-19-10-6-5-7-11-19/h5-7,10-11,14-16H,4,8-9,12-13,17H2,1-3H3,(H,30,33)(H,32,34)/b31-18+. The summed E-state index contributed by atoms with van der Waals surface area (Å²) in [7, 11) is 1.54. The first-order valence-corrected chi connectivity index (χ1v) is 13.5. The van der Waals surface area contributed by atoms with Gasteiger partial charge in [-0.05, 0) is 68.9 Å². The minimum Gasteiger partial charge on any atom is -0.493 e. The van der Waals surface area contributed by atoms with E-state index in [-0.39, 0.29) is 6.61 Å². The third-order valence-corrected chi connectivity index (χ3v) is 7.44. The van der Waals surface area contributed by atoms with Crippen molar-refractivity contribution in [1.29, 1.82) is 0 Å². The number of hydrazone groups is 1. The van der Waals surface area contributed by atoms with Crippen LogP contribution < -0.4 is 20.2 Å². The molecule has 204 valence electrons. The molecule has 1 aliphatic carbocycles. The summed E-state index contributed by atoms with van der Waals surface area (Å²) in [6, 6.07) is 15.1. The molecule has 2 aromatic carbocycles. The second-order valence-corrected chi connectivity index (χ2v) is 9.97. The van der Waals surface area contributed by atoms with Crippen LogP contribution in [0.1, 0.15) is 58.6 Å². The van der Waals surface area contributed by atoms with E-state index in [2.05, 4.69) is 15.8 Å². The monoisotopic (exact) mass is 549 g/mol. The summed E-state index contributed by atoms with van der Waals surface area (Å²) in [5.41, 5.74) is 5.70. The fourth-order valence-corrected chi connectivity index (χ4v) is 5.50. The van der Waals surface area contributed by atoms with Crippen LogP contribution in [-0.2, 0) is 33.8 Å². The highest BCUT2D eigenvalue weighted by Gasteiger charge is 2.28. The quantitative estimate of drug-likeness (QED) is 0.170. The van der Waals surface area contributed by atoms with Crippen LogP contribution in [-0.4, -0.2) is 37.2 Å². The Balaban J connectivity index is 1.41. The van der Waals surface area contributed by atoms with Gasteiger partial charge in [-0.1, -0.05) is 30.3 Å². The molecule has 0 saturated carbocycles. The van der Waals surface area contributed by atoms with Gasteiger partial charge in [0.2, 0.25) is 0 Å².